The van der Waals surface area contributed by atoms with E-state index in [2.05, 4.69) is 20.0 Å². The molecule has 0 spiro atoms. The minimum absolute atomic E-state index is 0.0979. The molecule has 7 heteroatoms. The average molecular weight is 311 g/mol. The molecule has 0 fully saturated rings. The Bertz CT molecular complexity index is 784. The zero-order valence-corrected chi connectivity index (χ0v) is 13.2. The molecule has 2 aliphatic rings. The fourth-order valence-corrected chi connectivity index (χ4v) is 2.28. The smallest absolute Gasteiger partial charge is 0.420 e. The first-order valence-electron chi connectivity index (χ1n) is 7.24. The third-order valence-electron chi connectivity index (χ3n) is 3.50. The minimum atomic E-state index is -1.17. The lowest BCUT2D eigenvalue weighted by Crippen LogP contribution is -2.30. The zero-order valence-electron chi connectivity index (χ0n) is 13.2. The van der Waals surface area contributed by atoms with Gasteiger partial charge in [0.15, 0.2) is 0 Å². The van der Waals surface area contributed by atoms with Crippen molar-refractivity contribution in [1.29, 1.82) is 0 Å². The normalized spacial score (nSPS) is 16.4. The van der Waals surface area contributed by atoms with E-state index in [-0.39, 0.29) is 17.2 Å². The predicted octanol–water partition coefficient (Wildman–Crippen LogP) is 2.91. The molecule has 1 N–H and O–H groups in total. The minimum Gasteiger partial charge on any atom is -0.464 e. The number of aromatic nitrogens is 2. The van der Waals surface area contributed by atoms with Crippen LogP contribution in [0.3, 0.4) is 0 Å². The van der Waals surface area contributed by atoms with Crippen LogP contribution >= 0.6 is 0 Å². The van der Waals surface area contributed by atoms with Crippen molar-refractivity contribution in [2.24, 2.45) is 9.98 Å². The first-order chi connectivity index (χ1) is 10.9. The van der Waals surface area contributed by atoms with Gasteiger partial charge in [0.05, 0.1) is 11.4 Å². The summed E-state index contributed by atoms with van der Waals surface area (Å²) < 4.78 is 0. The second-order valence-electron chi connectivity index (χ2n) is 6.29. The number of nitrogens with zero attached hydrogens (tertiary/aromatic N) is 5. The lowest BCUT2D eigenvalue weighted by molar-refractivity contribution is 0.203. The average Bonchev–Trinajstić information content (AvgIpc) is 2.89. The quantitative estimate of drug-likeness (QED) is 0.909. The SMILES string of the molecule is CC(C)(C)c1ccnc(N(C(=O)O)C2=CC3=CN=CCC3=N2)n1. The van der Waals surface area contributed by atoms with E-state index in [9.17, 15) is 9.90 Å². The van der Waals surface area contributed by atoms with E-state index in [0.29, 0.717) is 6.42 Å². The Morgan fingerprint density at radius 2 is 2.13 bits per heavy atom. The number of aliphatic imine (C=N–C) groups is 2. The van der Waals surface area contributed by atoms with Crippen molar-refractivity contribution in [3.05, 3.63) is 41.6 Å². The molecular weight excluding hydrogens is 294 g/mol. The highest BCUT2D eigenvalue weighted by molar-refractivity contribution is 6.13. The van der Waals surface area contributed by atoms with Gasteiger partial charge in [0.2, 0.25) is 5.95 Å². The molecule has 7 nitrogen and oxygen atoms in total. The molecule has 1 aromatic rings. The Kier molecular flexibility index (Phi) is 3.55. The van der Waals surface area contributed by atoms with Gasteiger partial charge in [-0.2, -0.15) is 4.90 Å². The van der Waals surface area contributed by atoms with Gasteiger partial charge in [0, 0.05) is 36.0 Å². The first-order valence-corrected chi connectivity index (χ1v) is 7.24. The summed E-state index contributed by atoms with van der Waals surface area (Å²) in [7, 11) is 0. The Labute approximate surface area is 133 Å². The molecule has 0 saturated carbocycles. The number of hydrogen-bond donors (Lipinski definition) is 1. The topological polar surface area (TPSA) is 91.0 Å². The van der Waals surface area contributed by atoms with Crippen LogP contribution < -0.4 is 4.90 Å². The van der Waals surface area contributed by atoms with Crippen LogP contribution in [0.2, 0.25) is 0 Å². The summed E-state index contributed by atoms with van der Waals surface area (Å²) in [4.78, 5) is 29.7. The van der Waals surface area contributed by atoms with Gasteiger partial charge < -0.3 is 5.11 Å². The van der Waals surface area contributed by atoms with Crippen LogP contribution in [0.15, 0.2) is 45.9 Å². The van der Waals surface area contributed by atoms with Gasteiger partial charge in [-0.3, -0.25) is 4.99 Å². The van der Waals surface area contributed by atoms with Crippen LogP contribution in [-0.2, 0) is 5.41 Å². The van der Waals surface area contributed by atoms with Gasteiger partial charge in [-0.05, 0) is 12.1 Å². The van der Waals surface area contributed by atoms with Crippen LogP contribution in [0.4, 0.5) is 10.7 Å². The Balaban J connectivity index is 2.02. The highest BCUT2D eigenvalue weighted by Gasteiger charge is 2.28. The predicted molar refractivity (Wildman–Crippen MR) is 87.9 cm³/mol. The summed E-state index contributed by atoms with van der Waals surface area (Å²) in [5.74, 6) is 0.385. The molecule has 23 heavy (non-hydrogen) atoms. The molecule has 1 aromatic heterocycles. The molecule has 118 valence electrons. The van der Waals surface area contributed by atoms with Gasteiger partial charge in [-0.25, -0.2) is 19.8 Å². The molecule has 3 heterocycles. The van der Waals surface area contributed by atoms with Crippen LogP contribution in [-0.4, -0.2) is 33.1 Å². The molecular formula is C16H17N5O2. The van der Waals surface area contributed by atoms with E-state index >= 15 is 0 Å². The van der Waals surface area contributed by atoms with E-state index in [1.54, 1.807) is 30.8 Å². The molecule has 0 aromatic carbocycles. The molecule has 0 bridgehead atoms. The van der Waals surface area contributed by atoms with Gasteiger partial charge in [0.25, 0.3) is 0 Å². The summed E-state index contributed by atoms with van der Waals surface area (Å²) in [6, 6.07) is 1.79. The number of anilines is 1. The van der Waals surface area contributed by atoms with Crippen molar-refractivity contribution < 1.29 is 9.90 Å². The highest BCUT2D eigenvalue weighted by atomic mass is 16.4. The summed E-state index contributed by atoms with van der Waals surface area (Å²) >= 11 is 0. The maximum atomic E-state index is 11.7. The van der Waals surface area contributed by atoms with Gasteiger partial charge in [-0.15, -0.1) is 0 Å². The van der Waals surface area contributed by atoms with Crippen LogP contribution in [0.1, 0.15) is 32.9 Å². The van der Waals surface area contributed by atoms with E-state index in [1.165, 1.54) is 0 Å². The van der Waals surface area contributed by atoms with Crippen molar-refractivity contribution in [2.75, 3.05) is 4.90 Å². The summed E-state index contributed by atoms with van der Waals surface area (Å²) in [5, 5.41) is 9.60. The standard InChI is InChI=1S/C16H17N5O2/c1-16(2,3)12-5-7-18-14(20-12)21(15(22)23)13-8-10-9-17-6-4-11(10)19-13/h5-9H,4H2,1-3H3,(H,22,23). The molecule has 0 saturated heterocycles. The summed E-state index contributed by atoms with van der Waals surface area (Å²) in [6.07, 6.45) is 6.07. The number of rotatable bonds is 2. The van der Waals surface area contributed by atoms with Crippen LogP contribution in [0, 0.1) is 0 Å². The third-order valence-corrected chi connectivity index (χ3v) is 3.50. The molecule has 0 atom stereocenters. The summed E-state index contributed by atoms with van der Waals surface area (Å²) in [6.45, 7) is 6.03. The number of allylic oxidation sites excluding steroid dienone is 2. The van der Waals surface area contributed by atoms with Crippen molar-refractivity contribution in [1.82, 2.24) is 9.97 Å². The van der Waals surface area contributed by atoms with Gasteiger partial charge >= 0.3 is 6.09 Å². The second kappa shape index (κ2) is 5.42. The maximum Gasteiger partial charge on any atom is 0.420 e. The molecule has 2 aliphatic heterocycles. The molecule has 0 aliphatic carbocycles. The maximum absolute atomic E-state index is 11.7. The van der Waals surface area contributed by atoms with Crippen LogP contribution in [0.25, 0.3) is 0 Å². The lowest BCUT2D eigenvalue weighted by atomic mass is 9.92. The Morgan fingerprint density at radius 1 is 1.35 bits per heavy atom. The number of fused-ring (bicyclic) bond motifs is 1. The zero-order chi connectivity index (χ0) is 16.6. The van der Waals surface area contributed by atoms with Gasteiger partial charge in [-0.1, -0.05) is 20.8 Å². The third kappa shape index (κ3) is 2.90. The first kappa shape index (κ1) is 15.1. The molecule has 0 unspecified atom stereocenters. The Morgan fingerprint density at radius 3 is 2.78 bits per heavy atom. The number of amides is 1. The van der Waals surface area contributed by atoms with E-state index in [1.807, 2.05) is 20.8 Å². The molecule has 3 rings (SSSR count). The largest absolute Gasteiger partial charge is 0.464 e. The van der Waals surface area contributed by atoms with E-state index < -0.39 is 6.09 Å². The number of hydrogen-bond acceptors (Lipinski definition) is 5. The number of carbonyl (C=O) groups is 1. The fraction of sp³-hybridized carbons (Fsp3) is 0.312. The van der Waals surface area contributed by atoms with Crippen molar-refractivity contribution in [2.45, 2.75) is 32.6 Å². The Hall–Kier alpha value is -2.83. The summed E-state index contributed by atoms with van der Waals surface area (Å²) in [5.41, 5.74) is 2.18. The van der Waals surface area contributed by atoms with Crippen molar-refractivity contribution in [3.8, 4) is 0 Å². The van der Waals surface area contributed by atoms with E-state index in [4.69, 9.17) is 0 Å². The van der Waals surface area contributed by atoms with Crippen molar-refractivity contribution >= 4 is 24.0 Å². The van der Waals surface area contributed by atoms with Crippen LogP contribution in [0.5, 0.6) is 0 Å². The van der Waals surface area contributed by atoms with Crippen molar-refractivity contribution in [3.63, 3.8) is 0 Å². The molecule has 1 amide bonds. The monoisotopic (exact) mass is 311 g/mol. The highest BCUT2D eigenvalue weighted by Crippen LogP contribution is 2.27. The second-order valence-corrected chi connectivity index (χ2v) is 6.29. The fourth-order valence-electron chi connectivity index (χ4n) is 2.28. The lowest BCUT2D eigenvalue weighted by Gasteiger charge is -2.21. The van der Waals surface area contributed by atoms with E-state index in [0.717, 1.165) is 21.9 Å². The number of carboxylic acid groups (broad SMARTS) is 1. The molecule has 0 radical (unpaired) electrons. The van der Waals surface area contributed by atoms with Gasteiger partial charge in [0.1, 0.15) is 5.82 Å².